The van der Waals surface area contributed by atoms with Gasteiger partial charge in [0.25, 0.3) is 5.91 Å². The minimum absolute atomic E-state index is 0.000110. The van der Waals surface area contributed by atoms with Crippen LogP contribution in [-0.2, 0) is 0 Å². The first-order valence-corrected chi connectivity index (χ1v) is 11.2. The molecule has 1 saturated heterocycles. The van der Waals surface area contributed by atoms with E-state index in [1.54, 1.807) is 0 Å². The molecule has 5 rings (SSSR count). The van der Waals surface area contributed by atoms with Crippen LogP contribution in [-0.4, -0.2) is 49.6 Å². The maximum absolute atomic E-state index is 12.9. The number of likely N-dealkylation sites (N-methyl/N-ethyl adjacent to an activating group) is 1. The number of benzene rings is 2. The molecule has 1 N–H and O–H groups in total. The summed E-state index contributed by atoms with van der Waals surface area (Å²) in [5, 5.41) is 5.45. The molecule has 30 heavy (non-hydrogen) atoms. The summed E-state index contributed by atoms with van der Waals surface area (Å²) in [6, 6.07) is 12.3. The zero-order valence-corrected chi connectivity index (χ0v) is 18.0. The van der Waals surface area contributed by atoms with Crippen molar-refractivity contribution in [3.8, 4) is 0 Å². The first-order valence-electron chi connectivity index (χ1n) is 11.2. The molecule has 1 amide bonds. The Morgan fingerprint density at radius 1 is 0.933 bits per heavy atom. The molecule has 5 heteroatoms. The molecule has 1 aromatic heterocycles. The van der Waals surface area contributed by atoms with Crippen molar-refractivity contribution in [1.82, 2.24) is 10.2 Å². The number of amides is 1. The van der Waals surface area contributed by atoms with E-state index in [1.165, 1.54) is 24.9 Å². The number of rotatable bonds is 3. The van der Waals surface area contributed by atoms with E-state index >= 15 is 0 Å². The second kappa shape index (κ2) is 7.62. The molecule has 0 unspecified atom stereocenters. The Balaban J connectivity index is 1.41. The van der Waals surface area contributed by atoms with Gasteiger partial charge in [-0.05, 0) is 57.1 Å². The molecule has 2 aromatic carbocycles. The Labute approximate surface area is 178 Å². The summed E-state index contributed by atoms with van der Waals surface area (Å²) in [7, 11) is 2.17. The third-order valence-corrected chi connectivity index (χ3v) is 6.96. The van der Waals surface area contributed by atoms with Gasteiger partial charge in [0.15, 0.2) is 0 Å². The molecule has 1 aliphatic heterocycles. The fourth-order valence-corrected chi connectivity index (χ4v) is 4.97. The monoisotopic (exact) mass is 405 g/mol. The van der Waals surface area contributed by atoms with Crippen molar-refractivity contribution < 1.29 is 9.21 Å². The predicted octanol–water partition coefficient (Wildman–Crippen LogP) is 4.79. The average Bonchev–Trinajstić information content (AvgIpc) is 3.11. The highest BCUT2D eigenvalue weighted by molar-refractivity contribution is 6.08. The van der Waals surface area contributed by atoms with Gasteiger partial charge in [-0.1, -0.05) is 19.3 Å². The van der Waals surface area contributed by atoms with Crippen molar-refractivity contribution in [2.24, 2.45) is 0 Å². The van der Waals surface area contributed by atoms with Gasteiger partial charge in [0.1, 0.15) is 11.2 Å². The van der Waals surface area contributed by atoms with Gasteiger partial charge in [-0.3, -0.25) is 4.79 Å². The summed E-state index contributed by atoms with van der Waals surface area (Å²) in [6.07, 6.45) is 5.76. The maximum atomic E-state index is 12.9. The predicted molar refractivity (Wildman–Crippen MR) is 122 cm³/mol. The molecular formula is C25H31N3O2. The average molecular weight is 406 g/mol. The van der Waals surface area contributed by atoms with Crippen LogP contribution >= 0.6 is 0 Å². The zero-order chi connectivity index (χ0) is 20.7. The van der Waals surface area contributed by atoms with E-state index in [0.29, 0.717) is 5.56 Å². The van der Waals surface area contributed by atoms with Crippen molar-refractivity contribution in [2.45, 2.75) is 44.6 Å². The highest BCUT2D eigenvalue weighted by Gasteiger charge is 2.29. The lowest BCUT2D eigenvalue weighted by molar-refractivity contribution is 0.0882. The van der Waals surface area contributed by atoms with Crippen LogP contribution in [0.5, 0.6) is 0 Å². The third kappa shape index (κ3) is 3.67. The normalized spacial score (nSPS) is 20.0. The second-order valence-electron chi connectivity index (χ2n) is 9.36. The van der Waals surface area contributed by atoms with Gasteiger partial charge in [-0.2, -0.15) is 0 Å². The van der Waals surface area contributed by atoms with Gasteiger partial charge < -0.3 is 19.5 Å². The molecule has 0 radical (unpaired) electrons. The lowest BCUT2D eigenvalue weighted by Crippen LogP contribution is -2.47. The van der Waals surface area contributed by atoms with Crippen LogP contribution in [0.2, 0.25) is 0 Å². The van der Waals surface area contributed by atoms with Crippen molar-refractivity contribution in [3.63, 3.8) is 0 Å². The van der Waals surface area contributed by atoms with Crippen LogP contribution in [0, 0.1) is 0 Å². The molecule has 0 atom stereocenters. The maximum Gasteiger partial charge on any atom is 0.251 e. The number of carbonyl (C=O) groups excluding carboxylic acids is 1. The Morgan fingerprint density at radius 3 is 2.33 bits per heavy atom. The summed E-state index contributed by atoms with van der Waals surface area (Å²) < 4.78 is 6.19. The van der Waals surface area contributed by atoms with E-state index in [9.17, 15) is 4.79 Å². The van der Waals surface area contributed by atoms with Crippen molar-refractivity contribution >= 4 is 33.5 Å². The summed E-state index contributed by atoms with van der Waals surface area (Å²) >= 11 is 0. The number of fused-ring (bicyclic) bond motifs is 3. The minimum atomic E-state index is -0.0877. The van der Waals surface area contributed by atoms with Crippen LogP contribution < -0.4 is 10.2 Å². The van der Waals surface area contributed by atoms with Gasteiger partial charge >= 0.3 is 0 Å². The fraction of sp³-hybridized carbons (Fsp3) is 0.480. The molecule has 158 valence electrons. The number of piperazine rings is 1. The molecule has 2 heterocycles. The molecule has 0 spiro atoms. The highest BCUT2D eigenvalue weighted by Crippen LogP contribution is 2.33. The van der Waals surface area contributed by atoms with E-state index in [2.05, 4.69) is 47.3 Å². The first-order chi connectivity index (χ1) is 14.5. The third-order valence-electron chi connectivity index (χ3n) is 6.96. The number of nitrogens with zero attached hydrogens (tertiary/aromatic N) is 2. The summed E-state index contributed by atoms with van der Waals surface area (Å²) in [6.45, 7) is 6.39. The minimum Gasteiger partial charge on any atom is -0.456 e. The fourth-order valence-electron chi connectivity index (χ4n) is 4.97. The van der Waals surface area contributed by atoms with E-state index < -0.39 is 0 Å². The van der Waals surface area contributed by atoms with Crippen LogP contribution in [0.15, 0.2) is 40.8 Å². The zero-order valence-electron chi connectivity index (χ0n) is 18.0. The number of anilines is 1. The number of furan rings is 1. The number of hydrogen-bond donors (Lipinski definition) is 1. The quantitative estimate of drug-likeness (QED) is 0.681. The van der Waals surface area contributed by atoms with Gasteiger partial charge in [0.2, 0.25) is 0 Å². The lowest BCUT2D eigenvalue weighted by atomic mass is 9.83. The molecule has 5 nitrogen and oxygen atoms in total. The molecule has 1 aliphatic carbocycles. The van der Waals surface area contributed by atoms with E-state index in [4.69, 9.17) is 4.42 Å². The standard InChI is InChI=1S/C25H31N3O2/c1-25(10-4-3-5-11-25)26-24(29)18-6-8-20-21-9-7-19(17-23(21)30-22(20)16-18)28-14-12-27(2)13-15-28/h6-9,16-17H,3-5,10-15H2,1-2H3,(H,26,29). The molecule has 1 saturated carbocycles. The molecule has 0 bridgehead atoms. The van der Waals surface area contributed by atoms with E-state index in [1.807, 2.05) is 18.2 Å². The number of hydrogen-bond acceptors (Lipinski definition) is 4. The van der Waals surface area contributed by atoms with Crippen molar-refractivity contribution in [1.29, 1.82) is 0 Å². The first kappa shape index (κ1) is 19.4. The highest BCUT2D eigenvalue weighted by atomic mass is 16.3. The number of carbonyl (C=O) groups is 1. The lowest BCUT2D eigenvalue weighted by Gasteiger charge is -2.34. The summed E-state index contributed by atoms with van der Waals surface area (Å²) in [5.41, 5.74) is 3.46. The smallest absolute Gasteiger partial charge is 0.251 e. The second-order valence-corrected chi connectivity index (χ2v) is 9.36. The molecular weight excluding hydrogens is 374 g/mol. The van der Waals surface area contributed by atoms with Gasteiger partial charge in [-0.25, -0.2) is 0 Å². The Kier molecular flexibility index (Phi) is 4.94. The topological polar surface area (TPSA) is 48.7 Å². The Hall–Kier alpha value is -2.53. The largest absolute Gasteiger partial charge is 0.456 e. The SMILES string of the molecule is CN1CCN(c2ccc3c(c2)oc2cc(C(=O)NC4(C)CCCCC4)ccc23)CC1. The molecule has 2 aliphatic rings. The van der Waals surface area contributed by atoms with Crippen LogP contribution in [0.3, 0.4) is 0 Å². The summed E-state index contributed by atoms with van der Waals surface area (Å²) in [4.78, 5) is 17.7. The van der Waals surface area contributed by atoms with Crippen LogP contribution in [0.25, 0.3) is 21.9 Å². The summed E-state index contributed by atoms with van der Waals surface area (Å²) in [5.74, 6) is -0.000110. The van der Waals surface area contributed by atoms with Gasteiger partial charge in [-0.15, -0.1) is 0 Å². The van der Waals surface area contributed by atoms with Gasteiger partial charge in [0.05, 0.1) is 0 Å². The Bertz CT molecular complexity index is 1070. The van der Waals surface area contributed by atoms with E-state index in [0.717, 1.165) is 61.0 Å². The number of nitrogens with one attached hydrogen (secondary N) is 1. The van der Waals surface area contributed by atoms with Crippen LogP contribution in [0.4, 0.5) is 5.69 Å². The van der Waals surface area contributed by atoms with Gasteiger partial charge in [0, 0.05) is 59.8 Å². The van der Waals surface area contributed by atoms with E-state index in [-0.39, 0.29) is 11.4 Å². The van der Waals surface area contributed by atoms with Crippen molar-refractivity contribution in [2.75, 3.05) is 38.1 Å². The molecule has 2 fully saturated rings. The van der Waals surface area contributed by atoms with Crippen molar-refractivity contribution in [3.05, 3.63) is 42.0 Å². The molecule has 3 aromatic rings. The van der Waals surface area contributed by atoms with Crippen LogP contribution in [0.1, 0.15) is 49.4 Å². The Morgan fingerprint density at radius 2 is 1.60 bits per heavy atom.